The van der Waals surface area contributed by atoms with Gasteiger partial charge in [-0.25, -0.2) is 43.3 Å². The molecule has 2 N–H and O–H groups in total. The van der Waals surface area contributed by atoms with Gasteiger partial charge in [-0.2, -0.15) is 13.4 Å². The molecule has 0 radical (unpaired) electrons. The first-order valence-electron chi connectivity index (χ1n) is 36.8. The molecule has 0 spiro atoms. The van der Waals surface area contributed by atoms with E-state index in [0.29, 0.717) is 113 Å². The van der Waals surface area contributed by atoms with Gasteiger partial charge < -0.3 is 67.6 Å². The number of esters is 1. The monoisotopic (exact) mass is 1960 g/mol. The number of thioether (sulfide) groups is 1. The summed E-state index contributed by atoms with van der Waals surface area (Å²) >= 11 is 14.3. The van der Waals surface area contributed by atoms with Gasteiger partial charge in [0.15, 0.2) is 11.4 Å². The normalized spacial score (nSPS) is 11.1. The molecule has 688 valence electrons. The summed E-state index contributed by atoms with van der Waals surface area (Å²) in [5, 5.41) is 24.1. The van der Waals surface area contributed by atoms with E-state index >= 15 is 0 Å². The first-order chi connectivity index (χ1) is 60.0. The molecule has 0 aliphatic heterocycles. The number of aliphatic carboxylic acids is 1. The number of halogens is 4. The van der Waals surface area contributed by atoms with Crippen LogP contribution in [-0.2, 0) is 75.9 Å². The van der Waals surface area contributed by atoms with Crippen LogP contribution in [0.4, 0.5) is 5.82 Å². The number of rotatable bonds is 22. The van der Waals surface area contributed by atoms with Gasteiger partial charge in [-0.15, -0.1) is 5.60 Å². The maximum atomic E-state index is 13.0. The summed E-state index contributed by atoms with van der Waals surface area (Å²) in [4.78, 5) is 103. The Morgan fingerprint density at radius 1 is 0.519 bits per heavy atom. The number of anilines is 1. The van der Waals surface area contributed by atoms with E-state index in [1.807, 2.05) is 18.4 Å². The van der Waals surface area contributed by atoms with Gasteiger partial charge in [0.1, 0.15) is 86.1 Å². The van der Waals surface area contributed by atoms with Gasteiger partial charge in [-0.05, 0) is 108 Å². The molecule has 0 fully saturated rings. The van der Waals surface area contributed by atoms with Gasteiger partial charge in [0.2, 0.25) is 20.2 Å². The minimum atomic E-state index is -3.72. The number of hydrogen-bond acceptors (Lipinski definition) is 33. The van der Waals surface area contributed by atoms with Crippen molar-refractivity contribution in [2.45, 2.75) is 61.6 Å². The molecule has 0 aliphatic rings. The molecule has 7 aromatic heterocycles. The molecule has 0 amide bonds. The van der Waals surface area contributed by atoms with E-state index < -0.39 is 44.8 Å². The zero-order chi connectivity index (χ0) is 96.2. The van der Waals surface area contributed by atoms with Crippen LogP contribution >= 0.6 is 56.3 Å². The van der Waals surface area contributed by atoms with Crippen molar-refractivity contribution in [3.8, 4) is 90.9 Å². The Bertz CT molecular complexity index is 6440. The molecule has 0 aliphatic carbocycles. The minimum absolute atomic E-state index is 0. The number of aldehydes is 1. The van der Waals surface area contributed by atoms with Crippen LogP contribution in [0.3, 0.4) is 0 Å². The molecule has 0 saturated carbocycles. The second-order valence-corrected chi connectivity index (χ2v) is 36.9. The van der Waals surface area contributed by atoms with E-state index in [1.54, 1.807) is 177 Å². The van der Waals surface area contributed by atoms with Crippen molar-refractivity contribution in [3.63, 3.8) is 0 Å². The first-order valence-corrected chi connectivity index (χ1v) is 46.0. The summed E-state index contributed by atoms with van der Waals surface area (Å²) in [5.41, 5.74) is 4.28. The molecular formula is C84H95Cl4KN12O24S4. The van der Waals surface area contributed by atoms with Gasteiger partial charge >= 0.3 is 71.6 Å². The number of pyridine rings is 3. The Morgan fingerprint density at radius 2 is 0.853 bits per heavy atom. The summed E-state index contributed by atoms with van der Waals surface area (Å²) in [6.45, 7) is 6.67. The fourth-order valence-electron chi connectivity index (χ4n) is 10.9. The summed E-state index contributed by atoms with van der Waals surface area (Å²) in [7, 11) is 21.8. The fourth-order valence-corrected chi connectivity index (χ4v) is 13.0. The van der Waals surface area contributed by atoms with E-state index in [2.05, 4.69) is 77.2 Å². The first kappa shape index (κ1) is 111. The van der Waals surface area contributed by atoms with Crippen molar-refractivity contribution in [3.05, 3.63) is 185 Å². The van der Waals surface area contributed by atoms with E-state index in [0.717, 1.165) is 29.1 Å². The van der Waals surface area contributed by atoms with Crippen molar-refractivity contribution in [1.29, 1.82) is 0 Å². The molecule has 1 unspecified atom stereocenters. The van der Waals surface area contributed by atoms with Crippen LogP contribution in [0.15, 0.2) is 152 Å². The van der Waals surface area contributed by atoms with Crippen LogP contribution in [0.5, 0.6) is 57.5 Å². The SMILES string of the molecule is C=S(C)(=O)c1ncc2cc(-c3cc(OC)cc(OC)c3)c(=O)n(C)c2n1.CC(C)(C)[O-].CNc1nc(C)ncc1C=O.COC(=O)Cc1cc(OC)cc(OC)c1.COc1cc(CC(=O)O)cc(OC)c1.COc1cc(OC)c(Cl)c(-c2cc3cnc(S(C)(=O)=O)nc3n(C)c2=O)c1Cl.COc1cc(OC)cc(-c2cc3cnc(SC)nc3n(C)c2=O)c1.O=S(=O)(Cl)Cl.[K+]. The third kappa shape index (κ3) is 33.1. The largest absolute Gasteiger partial charge is 1.00 e. The number of methoxy groups -OCH3 is 11. The summed E-state index contributed by atoms with van der Waals surface area (Å²) in [6.07, 6.45) is 11.4. The molecule has 36 nitrogen and oxygen atoms in total. The van der Waals surface area contributed by atoms with Crippen LogP contribution in [0.1, 0.15) is 48.1 Å². The number of carbonyl (C=O) groups excluding carboxylic acids is 2. The van der Waals surface area contributed by atoms with Gasteiger partial charge in [-0.1, -0.05) is 55.7 Å². The third-order valence-corrected chi connectivity index (χ3v) is 20.0. The molecule has 12 aromatic rings. The van der Waals surface area contributed by atoms with Gasteiger partial charge in [0.05, 0.1) is 112 Å². The van der Waals surface area contributed by atoms with Crippen LogP contribution in [0.2, 0.25) is 10.0 Å². The molecule has 0 saturated heterocycles. The maximum Gasteiger partial charge on any atom is 1.00 e. The summed E-state index contributed by atoms with van der Waals surface area (Å²) in [5.74, 6) is 9.15. The second kappa shape index (κ2) is 50.6. The number of carbonyl (C=O) groups is 3. The van der Waals surface area contributed by atoms with E-state index in [-0.39, 0.29) is 130 Å². The van der Waals surface area contributed by atoms with Crippen LogP contribution in [-0.4, -0.2) is 213 Å². The average molecular weight is 1970 g/mol. The number of hydrogen-bond donors (Lipinski definition) is 2. The Hall–Kier alpha value is -10.5. The van der Waals surface area contributed by atoms with Crippen molar-refractivity contribution in [1.82, 2.24) is 53.6 Å². The molecule has 7 heterocycles. The number of benzene rings is 5. The van der Waals surface area contributed by atoms with E-state index in [1.165, 1.54) is 98.8 Å². The number of sulfone groups is 1. The Morgan fingerprint density at radius 3 is 1.18 bits per heavy atom. The van der Waals surface area contributed by atoms with Crippen molar-refractivity contribution >= 4 is 147 Å². The molecular weight excluding hydrogens is 1870 g/mol. The third-order valence-electron chi connectivity index (χ3n) is 16.9. The maximum absolute atomic E-state index is 13.0. The summed E-state index contributed by atoms with van der Waals surface area (Å²) < 4.78 is 114. The molecule has 0 bridgehead atoms. The van der Waals surface area contributed by atoms with Crippen LogP contribution in [0, 0.1) is 6.92 Å². The Balaban J connectivity index is 0.000000324. The van der Waals surface area contributed by atoms with Crippen molar-refractivity contribution in [2.24, 2.45) is 21.1 Å². The van der Waals surface area contributed by atoms with Gasteiger partial charge in [-0.3, -0.25) is 46.7 Å². The molecule has 5 aromatic carbocycles. The number of nitrogens with one attached hydrogen (secondary N) is 1. The molecule has 45 heteroatoms. The van der Waals surface area contributed by atoms with Crippen LogP contribution < -0.4 is 126 Å². The van der Waals surface area contributed by atoms with Crippen molar-refractivity contribution in [2.75, 3.05) is 109 Å². The van der Waals surface area contributed by atoms with E-state index in [4.69, 9.17) is 84.1 Å². The quantitative estimate of drug-likeness (QED) is 0.0122. The number of nitrogens with zero attached hydrogens (tertiary/aromatic N) is 11. The Kier molecular flexibility index (Phi) is 43.5. The summed E-state index contributed by atoms with van der Waals surface area (Å²) in [6, 6.07) is 27.5. The fraction of sp³-hybridized carbons (Fsp3) is 0.298. The van der Waals surface area contributed by atoms with Crippen LogP contribution in [0.25, 0.3) is 66.5 Å². The van der Waals surface area contributed by atoms with Gasteiger partial charge in [0, 0.05) is 160 Å². The topological polar surface area (TPSA) is 463 Å². The predicted octanol–water partition coefficient (Wildman–Crippen LogP) is 8.42. The number of aryl methyl sites for hydroxylation is 4. The zero-order valence-electron chi connectivity index (χ0n) is 74.6. The van der Waals surface area contributed by atoms with Crippen molar-refractivity contribution < 1.29 is 149 Å². The number of ether oxygens (including phenoxy) is 11. The smallest absolute Gasteiger partial charge is 0.850 e. The standard InChI is InChI=1S/C18H19N3O4S.C17H15Cl2N3O5S.C17H17N3O3S.C11H14O4.C10H12O4.C7H9N3O.C4H9O.Cl2O2S.K/c1-21-16-12(10-19-18(20-16)26(4,5)23)8-15(17(21)22)11-6-13(24-2)9-14(7-11)25-3;1-22-15-8(7-20-17(21-15)28(4,24)25)5-9(16(22)23)12-13(18)10(26-2)6-11(27-3)14(12)19;1-20-15-11(9-18-17(19-15)24-4)7-14(16(20)21)10-5-12(22-2)8-13(6-10)23-3;1-13-9-4-8(6-11(12)15-3)5-10(7-9)14-2;1-13-8-3-7(5-10(11)12)4-9(6-8)14-2;1-5-9-3-6(4-11)7(8-2)10-5;1-4(2,3)5;1-5(2,3)4;/h6-10H,4H2,1-3,5H3;5-7H,1-4H3;5-9H,1-4H3;4-5,7H,6H2,1-3H3;3-4,6H,5H2,1-2H3,(H,11,12);3-4H,1-2H3,(H,8,9,10);1-3H3;;/q;;;;;;-1;;+1. The molecule has 129 heavy (non-hydrogen) atoms. The number of carboxylic acids is 1. The number of aromatic nitrogens is 11. The van der Waals surface area contributed by atoms with E-state index in [9.17, 15) is 46.5 Å². The molecule has 1 atom stereocenters. The minimum Gasteiger partial charge on any atom is -0.850 e. The second-order valence-electron chi connectivity index (χ2n) is 27.4. The Labute approximate surface area is 810 Å². The predicted molar refractivity (Wildman–Crippen MR) is 493 cm³/mol. The average Bonchev–Trinajstić information content (AvgIpc) is 0.763. The number of carboxylic acid groups (broad SMARTS) is 1. The molecule has 12 rings (SSSR count). The number of fused-ring (bicyclic) bond motifs is 3. The zero-order valence-corrected chi connectivity index (χ0v) is 84.1. The van der Waals surface area contributed by atoms with Gasteiger partial charge in [0.25, 0.3) is 16.7 Å².